The van der Waals surface area contributed by atoms with Gasteiger partial charge in [0.2, 0.25) is 0 Å². The zero-order valence-electron chi connectivity index (χ0n) is 16.2. The van der Waals surface area contributed by atoms with Crippen molar-refractivity contribution in [2.75, 3.05) is 33.8 Å². The predicted molar refractivity (Wildman–Crippen MR) is 116 cm³/mol. The molecule has 0 aromatic heterocycles. The number of guanidine groups is 1. The number of amides is 1. The summed E-state index contributed by atoms with van der Waals surface area (Å²) in [6.45, 7) is 4.25. The lowest BCUT2D eigenvalue weighted by Crippen LogP contribution is -2.48. The van der Waals surface area contributed by atoms with Gasteiger partial charge in [-0.1, -0.05) is 12.1 Å². The van der Waals surface area contributed by atoms with Crippen molar-refractivity contribution in [2.45, 2.75) is 26.3 Å². The Morgan fingerprint density at radius 1 is 1.37 bits per heavy atom. The van der Waals surface area contributed by atoms with Gasteiger partial charge in [-0.2, -0.15) is 0 Å². The van der Waals surface area contributed by atoms with Crippen molar-refractivity contribution in [1.82, 2.24) is 15.5 Å². The molecule has 1 aliphatic rings. The maximum Gasteiger partial charge on any atom is 0.310 e. The molecule has 1 aliphatic heterocycles. The molecule has 1 atom stereocenters. The minimum absolute atomic E-state index is 0. The summed E-state index contributed by atoms with van der Waals surface area (Å²) in [4.78, 5) is 30.2. The summed E-state index contributed by atoms with van der Waals surface area (Å²) in [5.74, 6) is 0.402. The smallest absolute Gasteiger partial charge is 0.310 e. The van der Waals surface area contributed by atoms with Gasteiger partial charge in [0.1, 0.15) is 0 Å². The highest BCUT2D eigenvalue weighted by molar-refractivity contribution is 14.0. The third-order valence-electron chi connectivity index (χ3n) is 4.42. The molecule has 27 heavy (non-hydrogen) atoms. The Morgan fingerprint density at radius 2 is 2.15 bits per heavy atom. The lowest BCUT2D eigenvalue weighted by Gasteiger charge is -2.34. The molecule has 1 unspecified atom stereocenters. The summed E-state index contributed by atoms with van der Waals surface area (Å²) in [5.41, 5.74) is 1.62. The number of aliphatic imine (C=N–C) groups is 1. The number of rotatable bonds is 5. The zero-order chi connectivity index (χ0) is 18.9. The number of nitrogens with zero attached hydrogens (tertiary/aromatic N) is 2. The van der Waals surface area contributed by atoms with E-state index in [0.29, 0.717) is 25.3 Å². The maximum atomic E-state index is 12.0. The van der Waals surface area contributed by atoms with E-state index in [1.807, 2.05) is 25.1 Å². The summed E-state index contributed by atoms with van der Waals surface area (Å²) in [6, 6.07) is 7.47. The van der Waals surface area contributed by atoms with Crippen LogP contribution in [0, 0.1) is 5.92 Å². The number of piperidine rings is 1. The van der Waals surface area contributed by atoms with Crippen LogP contribution in [0.2, 0.25) is 0 Å². The Kier molecular flexibility index (Phi) is 10.1. The Morgan fingerprint density at radius 3 is 2.81 bits per heavy atom. The number of halogens is 1. The Hall–Kier alpha value is -1.84. The normalized spacial score (nSPS) is 16.9. The number of ether oxygens (including phenoxy) is 1. The molecule has 7 nitrogen and oxygen atoms in total. The monoisotopic (exact) mass is 488 g/mol. The predicted octanol–water partition coefficient (Wildman–Crippen LogP) is 2.01. The van der Waals surface area contributed by atoms with Gasteiger partial charge in [0.25, 0.3) is 5.91 Å². The molecule has 1 heterocycles. The lowest BCUT2D eigenvalue weighted by atomic mass is 9.98. The molecule has 0 spiro atoms. The van der Waals surface area contributed by atoms with Crippen molar-refractivity contribution in [3.63, 3.8) is 0 Å². The van der Waals surface area contributed by atoms with E-state index in [-0.39, 0.29) is 41.8 Å². The van der Waals surface area contributed by atoms with Crippen molar-refractivity contribution in [2.24, 2.45) is 10.9 Å². The van der Waals surface area contributed by atoms with Crippen LogP contribution in [0.4, 0.5) is 0 Å². The van der Waals surface area contributed by atoms with Crippen molar-refractivity contribution in [3.8, 4) is 0 Å². The van der Waals surface area contributed by atoms with E-state index in [4.69, 9.17) is 4.74 Å². The number of nitrogens with one attached hydrogen (secondary N) is 2. The highest BCUT2D eigenvalue weighted by Gasteiger charge is 2.28. The molecule has 0 aliphatic carbocycles. The van der Waals surface area contributed by atoms with E-state index < -0.39 is 0 Å². The summed E-state index contributed by atoms with van der Waals surface area (Å²) >= 11 is 0. The van der Waals surface area contributed by atoms with E-state index in [1.54, 1.807) is 20.2 Å². The van der Waals surface area contributed by atoms with E-state index in [9.17, 15) is 9.59 Å². The summed E-state index contributed by atoms with van der Waals surface area (Å²) in [5, 5.41) is 5.95. The molecule has 1 aromatic carbocycles. The number of hydrogen-bond acceptors (Lipinski definition) is 4. The van der Waals surface area contributed by atoms with Crippen LogP contribution >= 0.6 is 24.0 Å². The zero-order valence-corrected chi connectivity index (χ0v) is 18.5. The standard InChI is InChI=1S/C19H28N4O3.HI/c1-4-26-18(25)16-9-6-10-23(13-16)19(21-3)22-12-14-7-5-8-15(11-14)17(24)20-2;/h5,7-8,11,16H,4,6,9-10,12-13H2,1-3H3,(H,20,24)(H,21,22);1H. The number of hydrogen-bond donors (Lipinski definition) is 2. The van der Waals surface area contributed by atoms with Gasteiger partial charge >= 0.3 is 5.97 Å². The molecule has 0 radical (unpaired) electrons. The van der Waals surface area contributed by atoms with E-state index in [0.717, 1.165) is 30.9 Å². The first-order valence-electron chi connectivity index (χ1n) is 9.02. The van der Waals surface area contributed by atoms with Gasteiger partial charge in [0.05, 0.1) is 12.5 Å². The van der Waals surface area contributed by atoms with Crippen LogP contribution in [0.25, 0.3) is 0 Å². The fourth-order valence-corrected chi connectivity index (χ4v) is 3.10. The van der Waals surface area contributed by atoms with Gasteiger partial charge in [-0.15, -0.1) is 24.0 Å². The first-order valence-corrected chi connectivity index (χ1v) is 9.02. The molecule has 0 saturated carbocycles. The highest BCUT2D eigenvalue weighted by atomic mass is 127. The summed E-state index contributed by atoms with van der Waals surface area (Å²) in [6.07, 6.45) is 1.77. The van der Waals surface area contributed by atoms with Crippen LogP contribution in [-0.2, 0) is 16.1 Å². The Bertz CT molecular complexity index is 666. The van der Waals surface area contributed by atoms with Crippen LogP contribution in [-0.4, -0.2) is 56.5 Å². The number of carbonyl (C=O) groups is 2. The Labute approximate surface area is 178 Å². The molecule has 8 heteroatoms. The second-order valence-corrected chi connectivity index (χ2v) is 6.22. The van der Waals surface area contributed by atoms with Crippen molar-refractivity contribution >= 4 is 41.8 Å². The fourth-order valence-electron chi connectivity index (χ4n) is 3.10. The minimum Gasteiger partial charge on any atom is -0.466 e. The average Bonchev–Trinajstić information content (AvgIpc) is 2.68. The molecular formula is C19H29IN4O3. The third-order valence-corrected chi connectivity index (χ3v) is 4.42. The van der Waals surface area contributed by atoms with E-state index in [2.05, 4.69) is 20.5 Å². The second kappa shape index (κ2) is 11.8. The summed E-state index contributed by atoms with van der Waals surface area (Å²) in [7, 11) is 3.35. The van der Waals surface area contributed by atoms with Crippen molar-refractivity contribution in [3.05, 3.63) is 35.4 Å². The number of likely N-dealkylation sites (tertiary alicyclic amines) is 1. The van der Waals surface area contributed by atoms with Gasteiger partial charge < -0.3 is 20.3 Å². The third kappa shape index (κ3) is 6.67. The molecule has 2 N–H and O–H groups in total. The van der Waals surface area contributed by atoms with E-state index in [1.165, 1.54) is 0 Å². The topological polar surface area (TPSA) is 83.0 Å². The van der Waals surface area contributed by atoms with E-state index >= 15 is 0 Å². The molecule has 1 aromatic rings. The van der Waals surface area contributed by atoms with Gasteiger partial charge in [0, 0.05) is 39.3 Å². The van der Waals surface area contributed by atoms with Gasteiger partial charge in [-0.05, 0) is 37.5 Å². The van der Waals surface area contributed by atoms with Crippen LogP contribution in [0.5, 0.6) is 0 Å². The van der Waals surface area contributed by atoms with Crippen LogP contribution in [0.1, 0.15) is 35.7 Å². The molecular weight excluding hydrogens is 459 g/mol. The molecule has 150 valence electrons. The second-order valence-electron chi connectivity index (χ2n) is 6.22. The molecule has 1 saturated heterocycles. The maximum absolute atomic E-state index is 12.0. The first kappa shape index (κ1) is 23.2. The van der Waals surface area contributed by atoms with Gasteiger partial charge in [-0.3, -0.25) is 14.6 Å². The van der Waals surface area contributed by atoms with Crippen molar-refractivity contribution in [1.29, 1.82) is 0 Å². The summed E-state index contributed by atoms with van der Waals surface area (Å²) < 4.78 is 5.15. The SMILES string of the molecule is CCOC(=O)C1CCCN(C(=NC)NCc2cccc(C(=O)NC)c2)C1.I. The average molecular weight is 488 g/mol. The molecule has 1 fully saturated rings. The van der Waals surface area contributed by atoms with Gasteiger partial charge in [0.15, 0.2) is 5.96 Å². The Balaban J connectivity index is 0.00000364. The number of esters is 1. The quantitative estimate of drug-likeness (QED) is 0.287. The van der Waals surface area contributed by atoms with Crippen LogP contribution in [0.15, 0.2) is 29.3 Å². The van der Waals surface area contributed by atoms with Crippen molar-refractivity contribution < 1.29 is 14.3 Å². The molecule has 1 amide bonds. The minimum atomic E-state index is -0.133. The van der Waals surface area contributed by atoms with Crippen LogP contribution in [0.3, 0.4) is 0 Å². The molecule has 2 rings (SSSR count). The molecule has 0 bridgehead atoms. The largest absolute Gasteiger partial charge is 0.466 e. The highest BCUT2D eigenvalue weighted by Crippen LogP contribution is 2.18. The first-order chi connectivity index (χ1) is 12.6. The number of benzene rings is 1. The fraction of sp³-hybridized carbons (Fsp3) is 0.526. The lowest BCUT2D eigenvalue weighted by molar-refractivity contribution is -0.149. The van der Waals surface area contributed by atoms with Crippen LogP contribution < -0.4 is 10.6 Å². The number of carbonyl (C=O) groups excluding carboxylic acids is 2. The van der Waals surface area contributed by atoms with Gasteiger partial charge in [-0.25, -0.2) is 0 Å².